The predicted molar refractivity (Wildman–Crippen MR) is 57.3 cm³/mol. The largest absolute Gasteiger partial charge is 0.350 e. The number of carbonyl (C=O) groups excluding carboxylic acids is 1. The van der Waals surface area contributed by atoms with Crippen molar-refractivity contribution in [2.75, 3.05) is 0 Å². The molecule has 5 fully saturated rings. The number of nitrogens with one attached hydrogen (secondary N) is 1. The van der Waals surface area contributed by atoms with E-state index in [0.717, 1.165) is 41.4 Å². The van der Waals surface area contributed by atoms with Crippen molar-refractivity contribution < 1.29 is 4.79 Å². The second-order valence-corrected chi connectivity index (χ2v) is 6.35. The third-order valence-corrected chi connectivity index (χ3v) is 6.34. The first-order chi connectivity index (χ1) is 7.77. The minimum absolute atomic E-state index is 0.522. The van der Waals surface area contributed by atoms with E-state index in [2.05, 4.69) is 10.5 Å². The zero-order chi connectivity index (χ0) is 10.6. The molecule has 5 rings (SSSR count). The highest BCUT2D eigenvalue weighted by molar-refractivity contribution is 5.96. The Hall–Kier alpha value is -1.06. The van der Waals surface area contributed by atoms with Crippen LogP contribution in [0.1, 0.15) is 12.8 Å². The van der Waals surface area contributed by atoms with Crippen LogP contribution in [0.2, 0.25) is 0 Å². The summed E-state index contributed by atoms with van der Waals surface area (Å²) in [5, 5.41) is 4.33. The SMILES string of the molecule is NC(=O)N/N=C1/[C@H]2[C@@H]3C[C@H]4[C@@H]1[C@@H]1[C@@H]2C[C@@H]3[C@H]41. The zero-order valence-electron chi connectivity index (χ0n) is 8.97. The second kappa shape index (κ2) is 2.15. The van der Waals surface area contributed by atoms with Crippen LogP contribution in [0.5, 0.6) is 0 Å². The first-order valence-electron chi connectivity index (χ1n) is 6.40. The van der Waals surface area contributed by atoms with E-state index in [9.17, 15) is 4.79 Å². The Morgan fingerprint density at radius 3 is 2.69 bits per heavy atom. The number of hydrogen-bond donors (Lipinski definition) is 2. The summed E-state index contributed by atoms with van der Waals surface area (Å²) < 4.78 is 0. The smallest absolute Gasteiger partial charge is 0.332 e. The number of urea groups is 1. The molecule has 5 saturated carbocycles. The summed E-state index contributed by atoms with van der Waals surface area (Å²) in [4.78, 5) is 10.8. The summed E-state index contributed by atoms with van der Waals surface area (Å²) >= 11 is 0. The highest BCUT2D eigenvalue weighted by Crippen LogP contribution is 2.81. The van der Waals surface area contributed by atoms with Crippen LogP contribution in [0.3, 0.4) is 0 Å². The van der Waals surface area contributed by atoms with Gasteiger partial charge in [-0.15, -0.1) is 0 Å². The number of nitrogens with zero attached hydrogens (tertiary/aromatic N) is 1. The van der Waals surface area contributed by atoms with Gasteiger partial charge in [0.15, 0.2) is 0 Å². The van der Waals surface area contributed by atoms with Crippen LogP contribution in [0.15, 0.2) is 5.10 Å². The lowest BCUT2D eigenvalue weighted by atomic mass is 9.59. The van der Waals surface area contributed by atoms with Gasteiger partial charge in [0.1, 0.15) is 0 Å². The quantitative estimate of drug-likeness (QED) is 0.626. The third-order valence-electron chi connectivity index (χ3n) is 6.34. The van der Waals surface area contributed by atoms with Gasteiger partial charge in [0.25, 0.3) is 0 Å². The first kappa shape index (κ1) is 8.09. The molecule has 0 heterocycles. The van der Waals surface area contributed by atoms with Crippen molar-refractivity contribution in [1.82, 2.24) is 5.43 Å². The van der Waals surface area contributed by atoms with E-state index in [1.54, 1.807) is 0 Å². The molecule has 0 aromatic heterocycles. The van der Waals surface area contributed by atoms with E-state index in [1.165, 1.54) is 18.6 Å². The van der Waals surface area contributed by atoms with Crippen molar-refractivity contribution in [3.05, 3.63) is 0 Å². The molecule has 4 nitrogen and oxygen atoms in total. The van der Waals surface area contributed by atoms with Crippen LogP contribution in [-0.2, 0) is 0 Å². The summed E-state index contributed by atoms with van der Waals surface area (Å²) in [5.74, 6) is 7.16. The molecule has 84 valence electrons. The van der Waals surface area contributed by atoms with Crippen LogP contribution in [0, 0.1) is 47.3 Å². The van der Waals surface area contributed by atoms with Gasteiger partial charge in [0, 0.05) is 17.5 Å². The molecule has 5 aliphatic rings. The maximum atomic E-state index is 10.8. The molecule has 0 aromatic carbocycles. The molecule has 8 atom stereocenters. The molecule has 5 aliphatic carbocycles. The number of hydrogen-bond acceptors (Lipinski definition) is 2. The van der Waals surface area contributed by atoms with Gasteiger partial charge in [-0.25, -0.2) is 10.2 Å². The fourth-order valence-corrected chi connectivity index (χ4v) is 6.40. The highest BCUT2D eigenvalue weighted by Gasteiger charge is 2.79. The first-order valence-corrected chi connectivity index (χ1v) is 6.40. The van der Waals surface area contributed by atoms with Gasteiger partial charge in [-0.3, -0.25) is 0 Å². The summed E-state index contributed by atoms with van der Waals surface area (Å²) in [7, 11) is 0. The van der Waals surface area contributed by atoms with Gasteiger partial charge in [0.05, 0.1) is 0 Å². The standard InChI is InChI=1S/C12H15N3O/c13-12(16)15-14-11-8-4-2-5-7-3(4)1-6(8)9(7)10(5)11/h3-10H,1-2H2,(H3,13,15,16)/b14-11-/t3-,4+,5+,6+,7+,8-,9+,10+/m0/s1. The Morgan fingerprint density at radius 2 is 1.88 bits per heavy atom. The molecule has 0 radical (unpaired) electrons. The molecule has 0 aliphatic heterocycles. The molecule has 0 saturated heterocycles. The number of amides is 2. The van der Waals surface area contributed by atoms with Crippen molar-refractivity contribution in [2.24, 2.45) is 58.2 Å². The average molecular weight is 217 g/mol. The fourth-order valence-electron chi connectivity index (χ4n) is 6.40. The summed E-state index contributed by atoms with van der Waals surface area (Å²) in [6.45, 7) is 0. The molecular formula is C12H15N3O. The molecule has 0 unspecified atom stereocenters. The van der Waals surface area contributed by atoms with Crippen LogP contribution < -0.4 is 11.2 Å². The third kappa shape index (κ3) is 0.590. The van der Waals surface area contributed by atoms with Crippen molar-refractivity contribution >= 4 is 11.7 Å². The van der Waals surface area contributed by atoms with Crippen molar-refractivity contribution in [3.63, 3.8) is 0 Å². The number of rotatable bonds is 1. The van der Waals surface area contributed by atoms with Gasteiger partial charge in [0.2, 0.25) is 0 Å². The molecular weight excluding hydrogens is 202 g/mol. The topological polar surface area (TPSA) is 67.5 Å². The van der Waals surface area contributed by atoms with E-state index in [1.807, 2.05) is 0 Å². The maximum absolute atomic E-state index is 10.8. The maximum Gasteiger partial charge on any atom is 0.332 e. The highest BCUT2D eigenvalue weighted by atomic mass is 16.2. The molecule has 4 heteroatoms. The van der Waals surface area contributed by atoms with E-state index in [0.29, 0.717) is 5.92 Å². The number of fused-ring (bicyclic) bond motifs is 2. The lowest BCUT2D eigenvalue weighted by Crippen LogP contribution is -2.44. The van der Waals surface area contributed by atoms with Crippen molar-refractivity contribution in [1.29, 1.82) is 0 Å². The Kier molecular flexibility index (Phi) is 1.09. The van der Waals surface area contributed by atoms with Gasteiger partial charge >= 0.3 is 6.03 Å². The summed E-state index contributed by atoms with van der Waals surface area (Å²) in [5.41, 5.74) is 8.87. The lowest BCUT2D eigenvalue weighted by molar-refractivity contribution is 0.0503. The molecule has 0 aromatic rings. The van der Waals surface area contributed by atoms with E-state index < -0.39 is 6.03 Å². The number of hydrazone groups is 1. The van der Waals surface area contributed by atoms with Crippen LogP contribution >= 0.6 is 0 Å². The number of nitrogens with two attached hydrogens (primary N) is 1. The number of carbonyl (C=O) groups is 1. The lowest BCUT2D eigenvalue weighted by Gasteiger charge is -2.44. The molecule has 0 spiro atoms. The average Bonchev–Trinajstić information content (AvgIpc) is 2.72. The minimum Gasteiger partial charge on any atom is -0.350 e. The summed E-state index contributed by atoms with van der Waals surface area (Å²) in [6.07, 6.45) is 2.90. The van der Waals surface area contributed by atoms with E-state index in [4.69, 9.17) is 5.73 Å². The zero-order valence-corrected chi connectivity index (χ0v) is 8.97. The molecule has 3 N–H and O–H groups in total. The minimum atomic E-state index is -0.522. The molecule has 2 bridgehead atoms. The van der Waals surface area contributed by atoms with Crippen molar-refractivity contribution in [3.8, 4) is 0 Å². The molecule has 16 heavy (non-hydrogen) atoms. The van der Waals surface area contributed by atoms with Gasteiger partial charge < -0.3 is 5.73 Å². The Balaban J connectivity index is 1.60. The van der Waals surface area contributed by atoms with Gasteiger partial charge in [-0.2, -0.15) is 5.10 Å². The normalized spacial score (nSPS) is 64.4. The predicted octanol–water partition coefficient (Wildman–Crippen LogP) is 0.788. The van der Waals surface area contributed by atoms with Gasteiger partial charge in [-0.1, -0.05) is 0 Å². The number of primary amides is 1. The van der Waals surface area contributed by atoms with Crippen LogP contribution in [-0.4, -0.2) is 11.7 Å². The van der Waals surface area contributed by atoms with Gasteiger partial charge in [-0.05, 0) is 48.3 Å². The van der Waals surface area contributed by atoms with Crippen LogP contribution in [0.4, 0.5) is 4.79 Å². The Morgan fingerprint density at radius 1 is 1.12 bits per heavy atom. The van der Waals surface area contributed by atoms with Crippen molar-refractivity contribution in [2.45, 2.75) is 12.8 Å². The Bertz CT molecular complexity index is 440. The van der Waals surface area contributed by atoms with E-state index >= 15 is 0 Å². The second-order valence-electron chi connectivity index (χ2n) is 6.35. The van der Waals surface area contributed by atoms with Crippen LogP contribution in [0.25, 0.3) is 0 Å². The monoisotopic (exact) mass is 217 g/mol. The molecule has 2 amide bonds. The van der Waals surface area contributed by atoms with E-state index in [-0.39, 0.29) is 0 Å². The summed E-state index contributed by atoms with van der Waals surface area (Å²) in [6, 6.07) is -0.522. The fraction of sp³-hybridized carbons (Fsp3) is 0.833. The Labute approximate surface area is 93.6 Å².